The van der Waals surface area contributed by atoms with E-state index in [4.69, 9.17) is 0 Å². The lowest BCUT2D eigenvalue weighted by atomic mass is 10.1. The smallest absolute Gasteiger partial charge is 0.271 e. The van der Waals surface area contributed by atoms with Gasteiger partial charge in [0.1, 0.15) is 23.5 Å². The van der Waals surface area contributed by atoms with Gasteiger partial charge in [0, 0.05) is 0 Å². The first-order valence-corrected chi connectivity index (χ1v) is 4.23. The Labute approximate surface area is 87.9 Å². The largest absolute Gasteiger partial charge is 0.314 e. The second-order valence-corrected chi connectivity index (χ2v) is 2.98. The van der Waals surface area contributed by atoms with E-state index in [1.165, 1.54) is 6.07 Å². The Bertz CT molecular complexity index is 533. The SMILES string of the molecule is O=[N+]([O-])c1cn[nH]c1-c1c(F)cccc1F. The third kappa shape index (κ3) is 1.52. The van der Waals surface area contributed by atoms with E-state index in [0.717, 1.165) is 18.3 Å². The first-order valence-electron chi connectivity index (χ1n) is 4.23. The molecule has 2 rings (SSSR count). The molecule has 0 atom stereocenters. The average Bonchev–Trinajstić information content (AvgIpc) is 2.66. The zero-order valence-corrected chi connectivity index (χ0v) is 7.78. The first kappa shape index (κ1) is 10.2. The number of halogens is 2. The molecule has 7 heteroatoms. The molecule has 0 unspecified atom stereocenters. The van der Waals surface area contributed by atoms with Crippen LogP contribution in [-0.2, 0) is 0 Å². The Hall–Kier alpha value is -2.31. The van der Waals surface area contributed by atoms with E-state index in [1.54, 1.807) is 0 Å². The van der Waals surface area contributed by atoms with E-state index < -0.39 is 27.8 Å². The monoisotopic (exact) mass is 225 g/mol. The quantitative estimate of drug-likeness (QED) is 0.629. The Balaban J connectivity index is 2.68. The second kappa shape index (κ2) is 3.69. The fourth-order valence-electron chi connectivity index (χ4n) is 1.34. The van der Waals surface area contributed by atoms with Crippen molar-refractivity contribution in [3.05, 3.63) is 46.1 Å². The van der Waals surface area contributed by atoms with Crippen LogP contribution >= 0.6 is 0 Å². The van der Waals surface area contributed by atoms with Gasteiger partial charge in [-0.3, -0.25) is 15.2 Å². The molecule has 0 saturated carbocycles. The molecule has 0 bridgehead atoms. The van der Waals surface area contributed by atoms with Gasteiger partial charge in [-0.05, 0) is 12.1 Å². The van der Waals surface area contributed by atoms with E-state index in [2.05, 4.69) is 10.2 Å². The Morgan fingerprint density at radius 1 is 1.31 bits per heavy atom. The molecular weight excluding hydrogens is 220 g/mol. The van der Waals surface area contributed by atoms with Crippen LogP contribution in [0.25, 0.3) is 11.3 Å². The summed E-state index contributed by atoms with van der Waals surface area (Å²) in [6.07, 6.45) is 0.904. The highest BCUT2D eigenvalue weighted by Crippen LogP contribution is 2.30. The van der Waals surface area contributed by atoms with Gasteiger partial charge in [-0.1, -0.05) is 6.07 Å². The van der Waals surface area contributed by atoms with Crippen LogP contribution in [-0.4, -0.2) is 15.1 Å². The minimum Gasteiger partial charge on any atom is -0.271 e. The molecule has 1 aromatic carbocycles. The zero-order chi connectivity index (χ0) is 11.7. The van der Waals surface area contributed by atoms with Crippen molar-refractivity contribution in [3.63, 3.8) is 0 Å². The Morgan fingerprint density at radius 3 is 2.50 bits per heavy atom. The number of nitro groups is 1. The van der Waals surface area contributed by atoms with E-state index in [0.29, 0.717) is 0 Å². The number of nitrogens with one attached hydrogen (secondary N) is 1. The van der Waals surface area contributed by atoms with Crippen molar-refractivity contribution in [2.45, 2.75) is 0 Å². The molecule has 5 nitrogen and oxygen atoms in total. The third-order valence-electron chi connectivity index (χ3n) is 2.03. The molecule has 82 valence electrons. The maximum absolute atomic E-state index is 13.3. The predicted molar refractivity (Wildman–Crippen MR) is 50.6 cm³/mol. The minimum absolute atomic E-state index is 0.277. The van der Waals surface area contributed by atoms with E-state index in [9.17, 15) is 18.9 Å². The van der Waals surface area contributed by atoms with Crippen LogP contribution in [0.5, 0.6) is 0 Å². The van der Waals surface area contributed by atoms with Gasteiger partial charge in [-0.15, -0.1) is 0 Å². The van der Waals surface area contributed by atoms with Crippen LogP contribution in [0.3, 0.4) is 0 Å². The molecular formula is C9H5F2N3O2. The number of aromatic nitrogens is 2. The fraction of sp³-hybridized carbons (Fsp3) is 0. The summed E-state index contributed by atoms with van der Waals surface area (Å²) >= 11 is 0. The molecule has 1 aromatic heterocycles. The van der Waals surface area contributed by atoms with Crippen molar-refractivity contribution >= 4 is 5.69 Å². The highest BCUT2D eigenvalue weighted by Gasteiger charge is 2.23. The van der Waals surface area contributed by atoms with Gasteiger partial charge in [0.15, 0.2) is 0 Å². The summed E-state index contributed by atoms with van der Waals surface area (Å²) in [6, 6.07) is 3.21. The maximum Gasteiger partial charge on any atom is 0.314 e. The van der Waals surface area contributed by atoms with Crippen LogP contribution in [0, 0.1) is 21.7 Å². The molecule has 16 heavy (non-hydrogen) atoms. The molecule has 0 aliphatic heterocycles. The molecule has 0 aliphatic carbocycles. The van der Waals surface area contributed by atoms with Crippen LogP contribution < -0.4 is 0 Å². The van der Waals surface area contributed by atoms with E-state index >= 15 is 0 Å². The molecule has 1 N–H and O–H groups in total. The van der Waals surface area contributed by atoms with Crippen LogP contribution in [0.2, 0.25) is 0 Å². The lowest BCUT2D eigenvalue weighted by molar-refractivity contribution is -0.384. The lowest BCUT2D eigenvalue weighted by Gasteiger charge is -2.01. The molecule has 2 aromatic rings. The molecule has 0 radical (unpaired) electrons. The van der Waals surface area contributed by atoms with Crippen LogP contribution in [0.1, 0.15) is 0 Å². The number of H-pyrrole nitrogens is 1. The Morgan fingerprint density at radius 2 is 1.94 bits per heavy atom. The lowest BCUT2D eigenvalue weighted by Crippen LogP contribution is -1.94. The van der Waals surface area contributed by atoms with Gasteiger partial charge in [-0.2, -0.15) is 5.10 Å². The third-order valence-corrected chi connectivity index (χ3v) is 2.03. The predicted octanol–water partition coefficient (Wildman–Crippen LogP) is 2.26. The van der Waals surface area contributed by atoms with E-state index in [-0.39, 0.29) is 5.69 Å². The highest BCUT2D eigenvalue weighted by atomic mass is 19.1. The summed E-state index contributed by atoms with van der Waals surface area (Å²) in [6.45, 7) is 0. The van der Waals surface area contributed by atoms with Crippen LogP contribution in [0.15, 0.2) is 24.4 Å². The van der Waals surface area contributed by atoms with Crippen LogP contribution in [0.4, 0.5) is 14.5 Å². The van der Waals surface area contributed by atoms with Crippen molar-refractivity contribution < 1.29 is 13.7 Å². The summed E-state index contributed by atoms with van der Waals surface area (Å²) in [4.78, 5) is 9.82. The zero-order valence-electron chi connectivity index (χ0n) is 7.78. The highest BCUT2D eigenvalue weighted by molar-refractivity contribution is 5.69. The van der Waals surface area contributed by atoms with Gasteiger partial charge in [0.05, 0.1) is 10.5 Å². The maximum atomic E-state index is 13.3. The number of hydrogen-bond donors (Lipinski definition) is 1. The van der Waals surface area contributed by atoms with Gasteiger partial charge < -0.3 is 0 Å². The number of rotatable bonds is 2. The topological polar surface area (TPSA) is 71.8 Å². The minimum atomic E-state index is -0.882. The van der Waals surface area contributed by atoms with Crippen molar-refractivity contribution in [1.29, 1.82) is 0 Å². The average molecular weight is 225 g/mol. The molecule has 0 aliphatic rings. The van der Waals surface area contributed by atoms with E-state index in [1.807, 2.05) is 0 Å². The van der Waals surface area contributed by atoms with Gasteiger partial charge in [0.25, 0.3) is 0 Å². The van der Waals surface area contributed by atoms with Crippen molar-refractivity contribution in [2.75, 3.05) is 0 Å². The normalized spacial score (nSPS) is 10.4. The summed E-state index contributed by atoms with van der Waals surface area (Å²) in [7, 11) is 0. The van der Waals surface area contributed by atoms with Crippen molar-refractivity contribution in [1.82, 2.24) is 10.2 Å². The number of aromatic amines is 1. The summed E-state index contributed by atoms with van der Waals surface area (Å²) in [5, 5.41) is 16.2. The summed E-state index contributed by atoms with van der Waals surface area (Å²) in [5.41, 5.74) is -1.23. The fourth-order valence-corrected chi connectivity index (χ4v) is 1.34. The molecule has 0 saturated heterocycles. The van der Waals surface area contributed by atoms with Gasteiger partial charge in [-0.25, -0.2) is 8.78 Å². The summed E-state index contributed by atoms with van der Waals surface area (Å²) in [5.74, 6) is -1.76. The summed E-state index contributed by atoms with van der Waals surface area (Å²) < 4.78 is 26.7. The van der Waals surface area contributed by atoms with Crippen molar-refractivity contribution in [3.8, 4) is 11.3 Å². The van der Waals surface area contributed by atoms with Gasteiger partial charge >= 0.3 is 5.69 Å². The number of nitrogens with zero attached hydrogens (tertiary/aromatic N) is 2. The molecule has 1 heterocycles. The Kier molecular flexibility index (Phi) is 2.35. The number of benzene rings is 1. The molecule has 0 fully saturated rings. The van der Waals surface area contributed by atoms with Crippen molar-refractivity contribution in [2.24, 2.45) is 0 Å². The molecule has 0 amide bonds. The van der Waals surface area contributed by atoms with Gasteiger partial charge in [0.2, 0.25) is 0 Å². The standard InChI is InChI=1S/C9H5F2N3O2/c10-5-2-1-3-6(11)8(5)9-7(14(15)16)4-12-13-9/h1-4H,(H,12,13). The second-order valence-electron chi connectivity index (χ2n) is 2.98. The number of hydrogen-bond acceptors (Lipinski definition) is 3. The molecule has 0 spiro atoms. The first-order chi connectivity index (χ1) is 7.61.